The van der Waals surface area contributed by atoms with E-state index in [2.05, 4.69) is 24.1 Å². The van der Waals surface area contributed by atoms with Gasteiger partial charge in [-0.05, 0) is 52.1 Å². The maximum Gasteiger partial charge on any atom is 0.128 e. The fourth-order valence-corrected chi connectivity index (χ4v) is 5.21. The summed E-state index contributed by atoms with van der Waals surface area (Å²) in [6.07, 6.45) is 5.28. The lowest BCUT2D eigenvalue weighted by Crippen LogP contribution is -2.34. The highest BCUT2D eigenvalue weighted by atomic mass is 32.2. The van der Waals surface area contributed by atoms with Crippen LogP contribution in [0.2, 0.25) is 0 Å². The molecule has 0 aliphatic carbocycles. The molecule has 21 heavy (non-hydrogen) atoms. The summed E-state index contributed by atoms with van der Waals surface area (Å²) in [5.41, 5.74) is 1.35. The molecule has 1 aliphatic rings. The molecule has 5 heteroatoms. The van der Waals surface area contributed by atoms with Crippen LogP contribution in [0.15, 0.2) is 5.03 Å². The SMILES string of the molecule is Cc1nc(SCCC2CCCCN2)c2c(C)c(C)sc2n1. The van der Waals surface area contributed by atoms with Gasteiger partial charge in [0.05, 0.1) is 0 Å². The van der Waals surface area contributed by atoms with E-state index in [1.165, 1.54) is 53.1 Å². The van der Waals surface area contributed by atoms with Crippen molar-refractivity contribution in [1.82, 2.24) is 15.3 Å². The lowest BCUT2D eigenvalue weighted by molar-refractivity contribution is 0.395. The van der Waals surface area contributed by atoms with Gasteiger partial charge in [-0.25, -0.2) is 9.97 Å². The van der Waals surface area contributed by atoms with E-state index in [0.717, 1.165) is 16.4 Å². The Bertz CT molecular complexity index is 630. The van der Waals surface area contributed by atoms with Crippen LogP contribution in [0.3, 0.4) is 0 Å². The molecule has 1 saturated heterocycles. The normalized spacial score (nSPS) is 19.3. The van der Waals surface area contributed by atoms with Gasteiger partial charge in [0.15, 0.2) is 0 Å². The summed E-state index contributed by atoms with van der Waals surface area (Å²) in [6.45, 7) is 7.56. The maximum absolute atomic E-state index is 4.70. The molecule has 0 radical (unpaired) electrons. The Morgan fingerprint density at radius 1 is 1.24 bits per heavy atom. The molecule has 0 saturated carbocycles. The molecule has 0 aromatic carbocycles. The van der Waals surface area contributed by atoms with E-state index in [1.54, 1.807) is 11.3 Å². The number of rotatable bonds is 4. The largest absolute Gasteiger partial charge is 0.314 e. The van der Waals surface area contributed by atoms with E-state index >= 15 is 0 Å². The van der Waals surface area contributed by atoms with E-state index in [4.69, 9.17) is 4.98 Å². The molecule has 0 spiro atoms. The number of thioether (sulfide) groups is 1. The van der Waals surface area contributed by atoms with Crippen LogP contribution in [0.1, 0.15) is 41.9 Å². The first-order valence-electron chi connectivity index (χ1n) is 7.75. The van der Waals surface area contributed by atoms with Gasteiger partial charge in [0.1, 0.15) is 15.7 Å². The minimum absolute atomic E-state index is 0.704. The first kappa shape index (κ1) is 15.3. The topological polar surface area (TPSA) is 37.8 Å². The van der Waals surface area contributed by atoms with Crippen molar-refractivity contribution in [2.45, 2.75) is 57.5 Å². The first-order chi connectivity index (χ1) is 10.1. The zero-order valence-corrected chi connectivity index (χ0v) is 14.7. The average molecular weight is 322 g/mol. The summed E-state index contributed by atoms with van der Waals surface area (Å²) in [6, 6.07) is 0.704. The smallest absolute Gasteiger partial charge is 0.128 e. The second kappa shape index (κ2) is 6.63. The monoisotopic (exact) mass is 321 g/mol. The molecule has 3 nitrogen and oxygen atoms in total. The molecule has 3 heterocycles. The molecule has 3 rings (SSSR count). The maximum atomic E-state index is 4.70. The number of nitrogens with one attached hydrogen (secondary N) is 1. The first-order valence-corrected chi connectivity index (χ1v) is 9.56. The molecule has 1 atom stereocenters. The highest BCUT2D eigenvalue weighted by Crippen LogP contribution is 2.35. The second-order valence-electron chi connectivity index (χ2n) is 5.82. The molecule has 2 aromatic rings. The fraction of sp³-hybridized carbons (Fsp3) is 0.625. The molecule has 0 amide bonds. The summed E-state index contributed by atoms with van der Waals surface area (Å²) in [7, 11) is 0. The number of nitrogens with zero attached hydrogens (tertiary/aromatic N) is 2. The molecule has 0 bridgehead atoms. The van der Waals surface area contributed by atoms with E-state index in [9.17, 15) is 0 Å². The van der Waals surface area contributed by atoms with Gasteiger partial charge in [0, 0.05) is 22.1 Å². The quantitative estimate of drug-likeness (QED) is 0.675. The van der Waals surface area contributed by atoms with Crippen LogP contribution in [-0.2, 0) is 0 Å². The minimum Gasteiger partial charge on any atom is -0.314 e. The molecule has 114 valence electrons. The fourth-order valence-electron chi connectivity index (χ4n) is 2.89. The van der Waals surface area contributed by atoms with Gasteiger partial charge in [-0.15, -0.1) is 23.1 Å². The lowest BCUT2D eigenvalue weighted by atomic mass is 10.0. The van der Waals surface area contributed by atoms with Gasteiger partial charge in [0.2, 0.25) is 0 Å². The number of thiophene rings is 1. The molecular weight excluding hydrogens is 298 g/mol. The van der Waals surface area contributed by atoms with Crippen molar-refractivity contribution in [3.05, 3.63) is 16.3 Å². The van der Waals surface area contributed by atoms with Crippen LogP contribution in [0.4, 0.5) is 0 Å². The summed E-state index contributed by atoms with van der Waals surface area (Å²) in [5, 5.41) is 6.08. The van der Waals surface area contributed by atoms with Gasteiger partial charge in [-0.3, -0.25) is 0 Å². The number of aryl methyl sites for hydroxylation is 3. The summed E-state index contributed by atoms with van der Waals surface area (Å²) >= 11 is 3.69. The predicted molar refractivity (Wildman–Crippen MR) is 92.6 cm³/mol. The third-order valence-electron chi connectivity index (χ3n) is 4.22. The third-order valence-corrected chi connectivity index (χ3v) is 6.33. The standard InChI is InChI=1S/C16H23N3S2/c1-10-11(2)21-16-14(10)15(18-12(3)19-16)20-9-7-13-6-4-5-8-17-13/h13,17H,4-9H2,1-3H3. The Balaban J connectivity index is 1.73. The van der Waals surface area contributed by atoms with Crippen molar-refractivity contribution in [2.75, 3.05) is 12.3 Å². The van der Waals surface area contributed by atoms with Crippen LogP contribution in [-0.4, -0.2) is 28.3 Å². The summed E-state index contributed by atoms with van der Waals surface area (Å²) in [4.78, 5) is 11.8. The number of fused-ring (bicyclic) bond motifs is 1. The van der Waals surface area contributed by atoms with Crippen molar-refractivity contribution in [3.63, 3.8) is 0 Å². The lowest BCUT2D eigenvalue weighted by Gasteiger charge is -2.23. The zero-order valence-electron chi connectivity index (χ0n) is 13.0. The van der Waals surface area contributed by atoms with E-state index in [0.29, 0.717) is 6.04 Å². The predicted octanol–water partition coefficient (Wildman–Crippen LogP) is 4.24. The van der Waals surface area contributed by atoms with Crippen LogP contribution in [0.5, 0.6) is 0 Å². The molecule has 1 fully saturated rings. The molecular formula is C16H23N3S2. The van der Waals surface area contributed by atoms with Crippen molar-refractivity contribution >= 4 is 33.3 Å². The Hall–Kier alpha value is -0.650. The van der Waals surface area contributed by atoms with Gasteiger partial charge >= 0.3 is 0 Å². The Kier molecular flexibility index (Phi) is 4.82. The van der Waals surface area contributed by atoms with E-state index in [1.807, 2.05) is 18.7 Å². The second-order valence-corrected chi connectivity index (χ2v) is 8.11. The number of hydrogen-bond acceptors (Lipinski definition) is 5. The van der Waals surface area contributed by atoms with Crippen LogP contribution < -0.4 is 5.32 Å². The van der Waals surface area contributed by atoms with Crippen molar-refractivity contribution in [2.24, 2.45) is 0 Å². The van der Waals surface area contributed by atoms with Gasteiger partial charge < -0.3 is 5.32 Å². The molecule has 1 N–H and O–H groups in total. The Morgan fingerprint density at radius 2 is 2.10 bits per heavy atom. The third kappa shape index (κ3) is 3.41. The average Bonchev–Trinajstić information content (AvgIpc) is 2.75. The Morgan fingerprint density at radius 3 is 2.86 bits per heavy atom. The summed E-state index contributed by atoms with van der Waals surface area (Å²) in [5.74, 6) is 2.03. The minimum atomic E-state index is 0.704. The highest BCUT2D eigenvalue weighted by Gasteiger charge is 2.16. The van der Waals surface area contributed by atoms with Crippen molar-refractivity contribution in [3.8, 4) is 0 Å². The van der Waals surface area contributed by atoms with Crippen LogP contribution in [0, 0.1) is 20.8 Å². The van der Waals surface area contributed by atoms with Crippen LogP contribution >= 0.6 is 23.1 Å². The zero-order chi connectivity index (χ0) is 14.8. The van der Waals surface area contributed by atoms with Crippen molar-refractivity contribution in [1.29, 1.82) is 0 Å². The van der Waals surface area contributed by atoms with E-state index in [-0.39, 0.29) is 0 Å². The van der Waals surface area contributed by atoms with Gasteiger partial charge in [-0.1, -0.05) is 6.42 Å². The molecule has 1 aliphatic heterocycles. The number of hydrogen-bond donors (Lipinski definition) is 1. The number of piperidine rings is 1. The summed E-state index contributed by atoms with van der Waals surface area (Å²) < 4.78 is 0. The van der Waals surface area contributed by atoms with Crippen LogP contribution in [0.25, 0.3) is 10.2 Å². The van der Waals surface area contributed by atoms with Gasteiger partial charge in [0.25, 0.3) is 0 Å². The Labute approximate surface area is 135 Å². The highest BCUT2D eigenvalue weighted by molar-refractivity contribution is 7.99. The van der Waals surface area contributed by atoms with E-state index < -0.39 is 0 Å². The molecule has 2 aromatic heterocycles. The van der Waals surface area contributed by atoms with Crippen molar-refractivity contribution < 1.29 is 0 Å². The number of aromatic nitrogens is 2. The van der Waals surface area contributed by atoms with Gasteiger partial charge in [-0.2, -0.15) is 0 Å². The molecule has 1 unspecified atom stereocenters.